The predicted octanol–water partition coefficient (Wildman–Crippen LogP) is 2.55. The van der Waals surface area contributed by atoms with Gasteiger partial charge in [0.15, 0.2) is 0 Å². The molecule has 1 fully saturated rings. The van der Waals surface area contributed by atoms with Crippen molar-refractivity contribution in [3.05, 3.63) is 53.3 Å². The maximum atomic E-state index is 4.46. The first kappa shape index (κ1) is 12.2. The largest absolute Gasteiger partial charge is 0.309 e. The highest BCUT2D eigenvalue weighted by Crippen LogP contribution is 2.34. The highest BCUT2D eigenvalue weighted by atomic mass is 15.3. The third-order valence-electron chi connectivity index (χ3n) is 4.64. The molecule has 1 N–H and O–H groups in total. The highest BCUT2D eigenvalue weighted by Gasteiger charge is 2.36. The van der Waals surface area contributed by atoms with Crippen LogP contribution in [0.1, 0.15) is 29.7 Å². The van der Waals surface area contributed by atoms with Crippen LogP contribution in [0.3, 0.4) is 0 Å². The Morgan fingerprint density at radius 2 is 2.15 bits per heavy atom. The van der Waals surface area contributed by atoms with E-state index in [9.17, 15) is 0 Å². The van der Waals surface area contributed by atoms with Crippen molar-refractivity contribution in [3.8, 4) is 0 Å². The van der Waals surface area contributed by atoms with Crippen LogP contribution in [0.5, 0.6) is 0 Å². The maximum Gasteiger partial charge on any atom is 0.0537 e. The monoisotopic (exact) mass is 267 g/mol. The number of fused-ring (bicyclic) bond motifs is 1. The van der Waals surface area contributed by atoms with Gasteiger partial charge in [-0.05, 0) is 37.2 Å². The third-order valence-corrected chi connectivity index (χ3v) is 4.64. The molecule has 2 atom stereocenters. The minimum atomic E-state index is 0.701. The summed E-state index contributed by atoms with van der Waals surface area (Å²) in [5.74, 6) is 0.820. The molecule has 1 saturated carbocycles. The molecule has 1 aliphatic carbocycles. The van der Waals surface area contributed by atoms with Crippen LogP contribution in [-0.4, -0.2) is 15.8 Å². The number of rotatable bonds is 5. The Morgan fingerprint density at radius 3 is 3.05 bits per heavy atom. The van der Waals surface area contributed by atoms with Crippen molar-refractivity contribution in [2.24, 2.45) is 5.92 Å². The second-order valence-corrected chi connectivity index (χ2v) is 6.12. The van der Waals surface area contributed by atoms with E-state index in [0.717, 1.165) is 19.0 Å². The number of hydrogen-bond donors (Lipinski definition) is 1. The van der Waals surface area contributed by atoms with Gasteiger partial charge >= 0.3 is 0 Å². The van der Waals surface area contributed by atoms with E-state index >= 15 is 0 Å². The molecule has 2 aliphatic rings. The van der Waals surface area contributed by atoms with E-state index in [1.54, 1.807) is 0 Å². The average Bonchev–Trinajstić information content (AvgIpc) is 2.87. The van der Waals surface area contributed by atoms with Gasteiger partial charge in [-0.25, -0.2) is 0 Å². The molecule has 3 nitrogen and oxygen atoms in total. The quantitative estimate of drug-likeness (QED) is 0.902. The third kappa shape index (κ3) is 2.38. The zero-order valence-electron chi connectivity index (χ0n) is 11.8. The molecule has 2 heterocycles. The summed E-state index contributed by atoms with van der Waals surface area (Å²) in [6.07, 6.45) is 7.05. The van der Waals surface area contributed by atoms with Gasteiger partial charge in [-0.15, -0.1) is 0 Å². The van der Waals surface area contributed by atoms with Crippen LogP contribution >= 0.6 is 0 Å². The molecule has 0 spiro atoms. The van der Waals surface area contributed by atoms with Crippen molar-refractivity contribution in [2.75, 3.05) is 0 Å². The first-order valence-corrected chi connectivity index (χ1v) is 7.71. The summed E-state index contributed by atoms with van der Waals surface area (Å²) in [5.41, 5.74) is 4.33. The lowest BCUT2D eigenvalue weighted by atomic mass is 10.1. The van der Waals surface area contributed by atoms with Crippen molar-refractivity contribution >= 4 is 0 Å². The number of hydrogen-bond acceptors (Lipinski definition) is 2. The normalized spacial score (nSPS) is 23.8. The van der Waals surface area contributed by atoms with Crippen molar-refractivity contribution < 1.29 is 0 Å². The molecule has 0 bridgehead atoms. The molecular formula is C17H21N3. The standard InChI is InChI=1S/C17H21N3/c1-2-5-13(6-3-1)9-14-10-16(14)18-11-15-12-19-20-8-4-7-17(15)20/h1-3,5-6,12,14,16,18H,4,7-11H2. The minimum absolute atomic E-state index is 0.701. The Labute approximate surface area is 120 Å². The fraction of sp³-hybridized carbons (Fsp3) is 0.471. The van der Waals surface area contributed by atoms with Crippen LogP contribution in [0.15, 0.2) is 36.5 Å². The lowest BCUT2D eigenvalue weighted by Crippen LogP contribution is -2.18. The van der Waals surface area contributed by atoms with Gasteiger partial charge in [0.05, 0.1) is 6.20 Å². The van der Waals surface area contributed by atoms with Crippen molar-refractivity contribution in [1.29, 1.82) is 0 Å². The first-order chi connectivity index (χ1) is 9.90. The van der Waals surface area contributed by atoms with E-state index in [2.05, 4.69) is 51.6 Å². The van der Waals surface area contributed by atoms with Gasteiger partial charge in [-0.2, -0.15) is 5.10 Å². The summed E-state index contributed by atoms with van der Waals surface area (Å²) >= 11 is 0. The zero-order valence-corrected chi connectivity index (χ0v) is 11.8. The molecule has 0 saturated heterocycles. The van der Waals surface area contributed by atoms with Crippen LogP contribution < -0.4 is 5.32 Å². The van der Waals surface area contributed by atoms with Gasteiger partial charge in [-0.1, -0.05) is 30.3 Å². The van der Waals surface area contributed by atoms with E-state index < -0.39 is 0 Å². The Balaban J connectivity index is 1.29. The van der Waals surface area contributed by atoms with Gasteiger partial charge in [0.1, 0.15) is 0 Å². The molecule has 4 rings (SSSR count). The summed E-state index contributed by atoms with van der Waals surface area (Å²) in [6, 6.07) is 11.5. The molecule has 0 amide bonds. The van der Waals surface area contributed by atoms with Crippen LogP contribution in [0.25, 0.3) is 0 Å². The van der Waals surface area contributed by atoms with Crippen molar-refractivity contribution in [3.63, 3.8) is 0 Å². The molecule has 1 aromatic heterocycles. The lowest BCUT2D eigenvalue weighted by molar-refractivity contribution is 0.628. The smallest absolute Gasteiger partial charge is 0.0537 e. The predicted molar refractivity (Wildman–Crippen MR) is 79.4 cm³/mol. The molecule has 20 heavy (non-hydrogen) atoms. The van der Waals surface area contributed by atoms with E-state index in [1.165, 1.54) is 42.5 Å². The summed E-state index contributed by atoms with van der Waals surface area (Å²) in [5, 5.41) is 8.16. The summed E-state index contributed by atoms with van der Waals surface area (Å²) in [6.45, 7) is 2.10. The number of nitrogens with one attached hydrogen (secondary N) is 1. The number of aromatic nitrogens is 2. The molecule has 3 heteroatoms. The Kier molecular flexibility index (Phi) is 3.07. The minimum Gasteiger partial charge on any atom is -0.309 e. The van der Waals surface area contributed by atoms with Crippen LogP contribution in [0.4, 0.5) is 0 Å². The number of nitrogens with zero attached hydrogens (tertiary/aromatic N) is 2. The van der Waals surface area contributed by atoms with Gasteiger partial charge in [-0.3, -0.25) is 4.68 Å². The number of benzene rings is 1. The summed E-state index contributed by atoms with van der Waals surface area (Å²) < 4.78 is 2.17. The second-order valence-electron chi connectivity index (χ2n) is 6.12. The van der Waals surface area contributed by atoms with Crippen LogP contribution in [-0.2, 0) is 25.9 Å². The van der Waals surface area contributed by atoms with Crippen LogP contribution in [0, 0.1) is 5.92 Å². The average molecular weight is 267 g/mol. The topological polar surface area (TPSA) is 29.9 Å². The number of aryl methyl sites for hydroxylation is 1. The Hall–Kier alpha value is -1.61. The van der Waals surface area contributed by atoms with Gasteiger partial charge in [0.25, 0.3) is 0 Å². The highest BCUT2D eigenvalue weighted by molar-refractivity contribution is 5.21. The molecule has 1 aliphatic heterocycles. The molecular weight excluding hydrogens is 246 g/mol. The van der Waals surface area contributed by atoms with E-state index in [-0.39, 0.29) is 0 Å². The second kappa shape index (κ2) is 5.06. The molecule has 2 unspecified atom stereocenters. The SMILES string of the molecule is c1ccc(CC2CC2NCc2cnn3c2CCC3)cc1. The van der Waals surface area contributed by atoms with Gasteiger partial charge in [0.2, 0.25) is 0 Å². The fourth-order valence-corrected chi connectivity index (χ4v) is 3.36. The van der Waals surface area contributed by atoms with E-state index in [0.29, 0.717) is 6.04 Å². The molecule has 1 aromatic carbocycles. The van der Waals surface area contributed by atoms with E-state index in [4.69, 9.17) is 0 Å². The lowest BCUT2D eigenvalue weighted by Gasteiger charge is -2.04. The van der Waals surface area contributed by atoms with Gasteiger partial charge < -0.3 is 5.32 Å². The van der Waals surface area contributed by atoms with Crippen molar-refractivity contribution in [1.82, 2.24) is 15.1 Å². The Bertz CT molecular complexity index is 588. The van der Waals surface area contributed by atoms with E-state index in [1.807, 2.05) is 0 Å². The molecule has 0 radical (unpaired) electrons. The molecule has 2 aromatic rings. The maximum absolute atomic E-state index is 4.46. The molecule has 104 valence electrons. The zero-order chi connectivity index (χ0) is 13.4. The van der Waals surface area contributed by atoms with Crippen LogP contribution in [0.2, 0.25) is 0 Å². The summed E-state index contributed by atoms with van der Waals surface area (Å²) in [4.78, 5) is 0. The summed E-state index contributed by atoms with van der Waals surface area (Å²) in [7, 11) is 0. The Morgan fingerprint density at radius 1 is 1.25 bits per heavy atom. The van der Waals surface area contributed by atoms with Crippen molar-refractivity contribution in [2.45, 2.75) is 44.8 Å². The first-order valence-electron chi connectivity index (χ1n) is 7.71. The van der Waals surface area contributed by atoms with Gasteiger partial charge in [0, 0.05) is 30.4 Å². The fourth-order valence-electron chi connectivity index (χ4n) is 3.36.